The first-order valence-corrected chi connectivity index (χ1v) is 18.4. The molecule has 3 heterocycles. The molecule has 3 aromatic rings. The number of hydrogen-bond donors (Lipinski definition) is 1. The smallest absolute Gasteiger partial charge is 0.345 e. The zero-order chi connectivity index (χ0) is 39.2. The molecular formula is C39H44N6O8S. The maximum Gasteiger partial charge on any atom is 0.345 e. The van der Waals surface area contributed by atoms with Crippen LogP contribution in [0.2, 0.25) is 0 Å². The molecule has 0 saturated carbocycles. The molecule has 14 nitrogen and oxygen atoms in total. The van der Waals surface area contributed by atoms with Crippen LogP contribution in [0.4, 0.5) is 10.5 Å². The minimum atomic E-state index is -1.72. The number of urea groups is 1. The summed E-state index contributed by atoms with van der Waals surface area (Å²) < 4.78 is 11.7. The van der Waals surface area contributed by atoms with Gasteiger partial charge in [-0.15, -0.1) is 0 Å². The number of thioether (sulfide) groups is 1. The second-order valence-electron chi connectivity index (χ2n) is 15.5. The molecule has 0 radical (unpaired) electrons. The van der Waals surface area contributed by atoms with Crippen LogP contribution in [0.15, 0.2) is 76.8 Å². The van der Waals surface area contributed by atoms with Gasteiger partial charge in [0.25, 0.3) is 17.3 Å². The van der Waals surface area contributed by atoms with Crippen molar-refractivity contribution < 1.29 is 33.9 Å². The van der Waals surface area contributed by atoms with Crippen LogP contribution < -0.4 is 0 Å². The molecule has 3 amide bonds. The summed E-state index contributed by atoms with van der Waals surface area (Å²) in [6.45, 7) is 11.9. The average Bonchev–Trinajstić information content (AvgIpc) is 3.69. The van der Waals surface area contributed by atoms with Gasteiger partial charge >= 0.3 is 12.0 Å². The van der Waals surface area contributed by atoms with E-state index in [1.165, 1.54) is 46.2 Å². The number of nitro benzene ring substituents is 1. The van der Waals surface area contributed by atoms with Crippen molar-refractivity contribution in [1.82, 2.24) is 14.8 Å². The molecule has 15 heteroatoms. The second kappa shape index (κ2) is 14.2. The molecule has 0 aromatic heterocycles. The molecule has 3 atom stereocenters. The van der Waals surface area contributed by atoms with Crippen LogP contribution in [0.5, 0.6) is 5.75 Å². The second-order valence-corrected chi connectivity index (χ2v) is 16.9. The first-order chi connectivity index (χ1) is 25.4. The topological polar surface area (TPSA) is 167 Å². The standard InChI is InChI=1S/C39H44N6O8S/c1-36(2,3)29-19-27(20-30(31(29)46)37(4,5)6)21-40-39(52-7)32(47)42-24-38(54-33(39)42,34(48)53-23-26-13-15-28(16-14-26)45(50)51)43-17-18-44(35(43)49)41-22-25-11-9-8-10-12-25/h8-16,19-22,33,46H,17-18,23-24H2,1-7H3/t33-,38-,39?/m1/s1. The quantitative estimate of drug-likeness (QED) is 0.0887. The number of carbonyl (C=O) groups is 3. The molecule has 3 fully saturated rings. The highest BCUT2D eigenvalue weighted by atomic mass is 32.2. The average molecular weight is 757 g/mol. The molecule has 3 aliphatic rings. The van der Waals surface area contributed by atoms with Crippen LogP contribution in [0, 0.1) is 10.1 Å². The molecular weight excluding hydrogens is 713 g/mol. The summed E-state index contributed by atoms with van der Waals surface area (Å²) in [7, 11) is 1.37. The van der Waals surface area contributed by atoms with Crippen molar-refractivity contribution in [2.24, 2.45) is 10.1 Å². The number of phenolic OH excluding ortho intramolecular Hbond substituents is 1. The maximum absolute atomic E-state index is 14.3. The zero-order valence-electron chi connectivity index (χ0n) is 31.3. The molecule has 0 aliphatic carbocycles. The fourth-order valence-corrected chi connectivity index (χ4v) is 8.46. The number of aromatic hydroxyl groups is 1. The van der Waals surface area contributed by atoms with Crippen LogP contribution >= 0.6 is 11.8 Å². The number of nitro groups is 1. The van der Waals surface area contributed by atoms with Gasteiger partial charge in [0.15, 0.2) is 0 Å². The Balaban J connectivity index is 1.32. The van der Waals surface area contributed by atoms with Crippen LogP contribution in [0.1, 0.15) is 69.4 Å². The number of β-lactam (4-membered cyclic amide) rings is 1. The van der Waals surface area contributed by atoms with Crippen LogP contribution in [-0.4, -0.2) is 97.9 Å². The van der Waals surface area contributed by atoms with Crippen LogP contribution in [0.3, 0.4) is 0 Å². The third kappa shape index (κ3) is 6.93. The van der Waals surface area contributed by atoms with Gasteiger partial charge in [-0.05, 0) is 51.8 Å². The summed E-state index contributed by atoms with van der Waals surface area (Å²) >= 11 is 1.05. The van der Waals surface area contributed by atoms with E-state index in [9.17, 15) is 29.6 Å². The normalized spacial score (nSPS) is 23.0. The number of aliphatic imine (C=N–C) groups is 1. The lowest BCUT2D eigenvalue weighted by Gasteiger charge is -2.47. The number of rotatable bonds is 10. The number of non-ortho nitro benzene ring substituents is 1. The Hall–Kier alpha value is -5.28. The fraction of sp³-hybridized carbons (Fsp3) is 0.410. The number of benzene rings is 3. The van der Waals surface area contributed by atoms with E-state index in [4.69, 9.17) is 14.5 Å². The number of hydrazone groups is 1. The summed E-state index contributed by atoms with van der Waals surface area (Å²) in [6.07, 6.45) is 3.11. The highest BCUT2D eigenvalue weighted by Gasteiger charge is 2.73. The number of hydrogen-bond acceptors (Lipinski definition) is 11. The highest BCUT2D eigenvalue weighted by molar-refractivity contribution is 8.02. The number of carbonyl (C=O) groups excluding carboxylic acids is 3. The number of fused-ring (bicyclic) bond motifs is 1. The van der Waals surface area contributed by atoms with E-state index >= 15 is 0 Å². The monoisotopic (exact) mass is 756 g/mol. The number of nitrogens with zero attached hydrogens (tertiary/aromatic N) is 6. The predicted octanol–water partition coefficient (Wildman–Crippen LogP) is 5.78. The van der Waals surface area contributed by atoms with Gasteiger partial charge in [-0.2, -0.15) is 5.10 Å². The van der Waals surface area contributed by atoms with Crippen molar-refractivity contribution in [2.45, 2.75) is 74.9 Å². The van der Waals surface area contributed by atoms with Crippen molar-refractivity contribution in [1.29, 1.82) is 0 Å². The summed E-state index contributed by atoms with van der Waals surface area (Å²) in [5, 5.41) is 27.2. The van der Waals surface area contributed by atoms with Crippen LogP contribution in [0.25, 0.3) is 0 Å². The fourth-order valence-electron chi connectivity index (χ4n) is 6.71. The summed E-state index contributed by atoms with van der Waals surface area (Å²) in [6, 6.07) is 18.0. The molecule has 3 aromatic carbocycles. The predicted molar refractivity (Wildman–Crippen MR) is 204 cm³/mol. The summed E-state index contributed by atoms with van der Waals surface area (Å²) in [5.41, 5.74) is 0.767. The van der Waals surface area contributed by atoms with Gasteiger partial charge in [-0.3, -0.25) is 19.8 Å². The van der Waals surface area contributed by atoms with Gasteiger partial charge in [-0.25, -0.2) is 19.6 Å². The van der Waals surface area contributed by atoms with Crippen molar-refractivity contribution in [3.05, 3.63) is 105 Å². The molecule has 1 N–H and O–H groups in total. The SMILES string of the molecule is COC1(N=Cc2cc(C(C)(C)C)c(O)c(C(C)(C)C)c2)C(=O)N2C[C@@](C(=O)OCc3ccc([N+](=O)[O-])cc3)(N3CCN(N=Cc4ccccc4)C3=O)S[C@@H]21. The molecule has 3 saturated heterocycles. The minimum Gasteiger partial charge on any atom is -0.507 e. The largest absolute Gasteiger partial charge is 0.507 e. The van der Waals surface area contributed by atoms with Gasteiger partial charge in [0.1, 0.15) is 17.7 Å². The molecule has 54 heavy (non-hydrogen) atoms. The zero-order valence-corrected chi connectivity index (χ0v) is 32.1. The Morgan fingerprint density at radius 1 is 0.981 bits per heavy atom. The number of phenols is 1. The summed E-state index contributed by atoms with van der Waals surface area (Å²) in [5.74, 6) is -1.05. The molecule has 284 valence electrons. The number of amides is 3. The van der Waals surface area contributed by atoms with Crippen molar-refractivity contribution in [3.8, 4) is 5.75 Å². The molecule has 3 aliphatic heterocycles. The molecule has 0 spiro atoms. The van der Waals surface area contributed by atoms with Crippen LogP contribution in [-0.2, 0) is 36.5 Å². The lowest BCUT2D eigenvalue weighted by molar-refractivity contribution is -0.384. The van der Waals surface area contributed by atoms with Gasteiger partial charge in [-0.1, -0.05) is 83.6 Å². The minimum absolute atomic E-state index is 0.109. The lowest BCUT2D eigenvalue weighted by atomic mass is 9.78. The molecule has 1 unspecified atom stereocenters. The Kier molecular flexibility index (Phi) is 10.1. The number of ether oxygens (including phenoxy) is 2. The maximum atomic E-state index is 14.3. The lowest BCUT2D eigenvalue weighted by Crippen LogP contribution is -2.70. The van der Waals surface area contributed by atoms with E-state index in [1.54, 1.807) is 12.4 Å². The third-order valence-electron chi connectivity index (χ3n) is 9.75. The van der Waals surface area contributed by atoms with Gasteiger partial charge in [0.05, 0.1) is 24.2 Å². The van der Waals surface area contributed by atoms with E-state index in [2.05, 4.69) is 5.10 Å². The van der Waals surface area contributed by atoms with E-state index in [1.807, 2.05) is 84.0 Å². The van der Waals surface area contributed by atoms with E-state index in [0.29, 0.717) is 11.1 Å². The number of esters is 1. The Morgan fingerprint density at radius 3 is 2.19 bits per heavy atom. The van der Waals surface area contributed by atoms with Gasteiger partial charge in [0.2, 0.25) is 4.87 Å². The first-order valence-electron chi connectivity index (χ1n) is 17.5. The van der Waals surface area contributed by atoms with Crippen molar-refractivity contribution in [2.75, 3.05) is 26.7 Å². The van der Waals surface area contributed by atoms with E-state index in [-0.39, 0.29) is 37.7 Å². The Labute approximate surface area is 318 Å². The Morgan fingerprint density at radius 2 is 1.61 bits per heavy atom. The third-order valence-corrected chi connectivity index (χ3v) is 11.4. The summed E-state index contributed by atoms with van der Waals surface area (Å²) in [4.78, 5) is 58.8. The van der Waals surface area contributed by atoms with E-state index < -0.39 is 49.6 Å². The Bertz CT molecular complexity index is 1990. The van der Waals surface area contributed by atoms with Crippen molar-refractivity contribution >= 4 is 47.8 Å². The molecule has 0 bridgehead atoms. The van der Waals surface area contributed by atoms with Crippen molar-refractivity contribution in [3.63, 3.8) is 0 Å². The van der Waals surface area contributed by atoms with Gasteiger partial charge in [0, 0.05) is 43.1 Å². The number of methoxy groups -OCH3 is 1. The van der Waals surface area contributed by atoms with Gasteiger partial charge < -0.3 is 19.5 Å². The van der Waals surface area contributed by atoms with E-state index in [0.717, 1.165) is 28.5 Å². The first kappa shape index (κ1) is 38.4. The highest BCUT2D eigenvalue weighted by Crippen LogP contribution is 2.55. The molecule has 6 rings (SSSR count).